The molecule has 0 saturated carbocycles. The van der Waals surface area contributed by atoms with Crippen molar-refractivity contribution in [2.45, 2.75) is 33.3 Å². The molecule has 0 aromatic rings. The molecule has 5 nitrogen and oxygen atoms in total. The standard InChI is InChI=1S/C11H22NO4PS/c1-6-15-17(14,7-2)18-9-8-12-10(13)16-11(3,4)5/h7H,2,6,8-9H2,1,3-5H3,(H,12,13). The lowest BCUT2D eigenvalue weighted by atomic mass is 10.2. The first-order valence-electron chi connectivity index (χ1n) is 5.71. The second kappa shape index (κ2) is 7.87. The Balaban J connectivity index is 3.89. The van der Waals surface area contributed by atoms with Gasteiger partial charge in [0.15, 0.2) is 0 Å². The average molecular weight is 295 g/mol. The number of hydrogen-bond acceptors (Lipinski definition) is 5. The third kappa shape index (κ3) is 8.61. The molecular formula is C11H22NO4PS. The van der Waals surface area contributed by atoms with Gasteiger partial charge < -0.3 is 14.6 Å². The first-order valence-corrected chi connectivity index (χ1v) is 9.00. The van der Waals surface area contributed by atoms with Crippen LogP contribution in [-0.2, 0) is 13.8 Å². The Kier molecular flexibility index (Phi) is 7.67. The summed E-state index contributed by atoms with van der Waals surface area (Å²) in [6.07, 6.45) is -0.479. The van der Waals surface area contributed by atoms with Gasteiger partial charge in [0.05, 0.1) is 6.61 Å². The van der Waals surface area contributed by atoms with Gasteiger partial charge in [-0.1, -0.05) is 18.0 Å². The Morgan fingerprint density at radius 2 is 2.11 bits per heavy atom. The topological polar surface area (TPSA) is 64.6 Å². The highest BCUT2D eigenvalue weighted by atomic mass is 32.7. The molecule has 0 radical (unpaired) electrons. The van der Waals surface area contributed by atoms with Gasteiger partial charge in [0.2, 0.25) is 0 Å². The third-order valence-corrected chi connectivity index (χ3v) is 5.78. The lowest BCUT2D eigenvalue weighted by Crippen LogP contribution is -2.33. The van der Waals surface area contributed by atoms with Gasteiger partial charge in [0, 0.05) is 18.1 Å². The summed E-state index contributed by atoms with van der Waals surface area (Å²) < 4.78 is 22.1. The molecule has 1 unspecified atom stereocenters. The molecule has 1 atom stereocenters. The Bertz CT molecular complexity index is 327. The largest absolute Gasteiger partial charge is 0.444 e. The lowest BCUT2D eigenvalue weighted by molar-refractivity contribution is 0.0531. The van der Waals surface area contributed by atoms with Crippen molar-refractivity contribution in [3.63, 3.8) is 0 Å². The number of hydrogen-bond donors (Lipinski definition) is 1. The second-order valence-electron chi connectivity index (χ2n) is 4.40. The second-order valence-corrected chi connectivity index (χ2v) is 9.07. The fraction of sp³-hybridized carbons (Fsp3) is 0.727. The zero-order valence-electron chi connectivity index (χ0n) is 11.4. The molecule has 0 aromatic heterocycles. The molecule has 0 aliphatic carbocycles. The molecule has 0 heterocycles. The minimum atomic E-state index is -2.81. The maximum Gasteiger partial charge on any atom is 0.407 e. The van der Waals surface area contributed by atoms with Gasteiger partial charge in [-0.25, -0.2) is 4.79 Å². The molecule has 0 bridgehead atoms. The quantitative estimate of drug-likeness (QED) is 0.574. The molecule has 7 heteroatoms. The molecular weight excluding hydrogens is 273 g/mol. The van der Waals surface area contributed by atoms with Crippen LogP contribution in [0.3, 0.4) is 0 Å². The molecule has 1 N–H and O–H groups in total. The molecule has 0 saturated heterocycles. The van der Waals surface area contributed by atoms with E-state index in [1.807, 2.05) is 0 Å². The van der Waals surface area contributed by atoms with Gasteiger partial charge >= 0.3 is 6.09 Å². The average Bonchev–Trinajstić information content (AvgIpc) is 2.22. The van der Waals surface area contributed by atoms with E-state index in [0.717, 1.165) is 11.4 Å². The third-order valence-electron chi connectivity index (χ3n) is 1.57. The summed E-state index contributed by atoms with van der Waals surface area (Å²) >= 11 is 1.15. The normalized spacial score (nSPS) is 14.7. The fourth-order valence-electron chi connectivity index (χ4n) is 0.963. The lowest BCUT2D eigenvalue weighted by Gasteiger charge is -2.19. The van der Waals surface area contributed by atoms with Crippen molar-refractivity contribution in [1.82, 2.24) is 5.32 Å². The van der Waals surface area contributed by atoms with E-state index in [-0.39, 0.29) is 0 Å². The first-order chi connectivity index (χ1) is 8.22. The number of nitrogens with one attached hydrogen (secondary N) is 1. The Morgan fingerprint density at radius 1 is 1.50 bits per heavy atom. The van der Waals surface area contributed by atoms with E-state index >= 15 is 0 Å². The summed E-state index contributed by atoms with van der Waals surface area (Å²) in [5.41, 5.74) is -0.515. The van der Waals surface area contributed by atoms with Crippen LogP contribution in [0.15, 0.2) is 12.4 Å². The van der Waals surface area contributed by atoms with Crippen molar-refractivity contribution in [2.75, 3.05) is 18.9 Å². The SMILES string of the molecule is C=CP(=O)(OCC)SCCNC(=O)OC(C)(C)C. The van der Waals surface area contributed by atoms with E-state index in [2.05, 4.69) is 11.9 Å². The van der Waals surface area contributed by atoms with Gasteiger partial charge in [0.1, 0.15) is 5.60 Å². The van der Waals surface area contributed by atoms with Crippen molar-refractivity contribution in [3.8, 4) is 0 Å². The van der Waals surface area contributed by atoms with Crippen LogP contribution in [0.2, 0.25) is 0 Å². The van der Waals surface area contributed by atoms with Crippen molar-refractivity contribution in [2.24, 2.45) is 0 Å². The van der Waals surface area contributed by atoms with Crippen LogP contribution in [-0.4, -0.2) is 30.6 Å². The molecule has 1 amide bonds. The predicted octanol–water partition coefficient (Wildman–Crippen LogP) is 3.62. The molecule has 0 fully saturated rings. The number of alkyl carbamates (subject to hydrolysis) is 1. The van der Waals surface area contributed by atoms with E-state index in [1.54, 1.807) is 27.7 Å². The van der Waals surface area contributed by atoms with Gasteiger partial charge in [-0.2, -0.15) is 0 Å². The minimum absolute atomic E-state index is 0.366. The van der Waals surface area contributed by atoms with E-state index in [0.29, 0.717) is 18.9 Å². The Hall–Kier alpha value is -0.450. The Morgan fingerprint density at radius 3 is 2.56 bits per heavy atom. The van der Waals surface area contributed by atoms with E-state index in [4.69, 9.17) is 9.26 Å². The number of rotatable bonds is 7. The first kappa shape index (κ1) is 17.6. The maximum atomic E-state index is 11.9. The van der Waals surface area contributed by atoms with Gasteiger partial charge in [-0.3, -0.25) is 4.57 Å². The van der Waals surface area contributed by atoms with E-state index in [1.165, 1.54) is 5.82 Å². The van der Waals surface area contributed by atoms with Gasteiger partial charge in [-0.15, -0.1) is 0 Å². The molecule has 0 rings (SSSR count). The van der Waals surface area contributed by atoms with Gasteiger partial charge in [0.25, 0.3) is 6.57 Å². The molecule has 0 aromatic carbocycles. The van der Waals surface area contributed by atoms with E-state index in [9.17, 15) is 9.36 Å². The number of carbonyl (C=O) groups excluding carboxylic acids is 1. The van der Waals surface area contributed by atoms with Crippen LogP contribution >= 0.6 is 18.0 Å². The van der Waals surface area contributed by atoms with Crippen molar-refractivity contribution < 1.29 is 18.6 Å². The molecule has 0 aliphatic rings. The Labute approximate surface area is 113 Å². The van der Waals surface area contributed by atoms with Crippen molar-refractivity contribution in [1.29, 1.82) is 0 Å². The highest BCUT2D eigenvalue weighted by Gasteiger charge is 2.19. The van der Waals surface area contributed by atoms with Crippen LogP contribution in [0.25, 0.3) is 0 Å². The van der Waals surface area contributed by atoms with Gasteiger partial charge in [-0.05, 0) is 27.7 Å². The van der Waals surface area contributed by atoms with Crippen LogP contribution in [0.5, 0.6) is 0 Å². The number of ether oxygens (including phenoxy) is 1. The monoisotopic (exact) mass is 295 g/mol. The summed E-state index contributed by atoms with van der Waals surface area (Å²) in [7, 11) is 0. The zero-order chi connectivity index (χ0) is 14.2. The minimum Gasteiger partial charge on any atom is -0.444 e. The molecule has 0 aliphatic heterocycles. The van der Waals surface area contributed by atoms with E-state index < -0.39 is 18.3 Å². The maximum absolute atomic E-state index is 11.9. The van der Waals surface area contributed by atoms with Crippen LogP contribution in [0, 0.1) is 0 Å². The highest BCUT2D eigenvalue weighted by Crippen LogP contribution is 2.60. The molecule has 0 spiro atoms. The summed E-state index contributed by atoms with van der Waals surface area (Å²) in [4.78, 5) is 11.3. The summed E-state index contributed by atoms with van der Waals surface area (Å²) in [6.45, 7) is 8.57. The molecule has 106 valence electrons. The van der Waals surface area contributed by atoms with Crippen LogP contribution in [0.4, 0.5) is 4.79 Å². The number of amides is 1. The summed E-state index contributed by atoms with van der Waals surface area (Å²) in [5, 5.41) is 2.59. The zero-order valence-corrected chi connectivity index (χ0v) is 13.1. The molecule has 18 heavy (non-hydrogen) atoms. The predicted molar refractivity (Wildman–Crippen MR) is 76.1 cm³/mol. The smallest absolute Gasteiger partial charge is 0.407 e. The fourth-order valence-corrected chi connectivity index (χ4v) is 3.95. The van der Waals surface area contributed by atoms with Crippen LogP contribution in [0.1, 0.15) is 27.7 Å². The summed E-state index contributed by atoms with van der Waals surface area (Å²) in [5.74, 6) is 1.80. The summed E-state index contributed by atoms with van der Waals surface area (Å²) in [6, 6.07) is 0. The number of carbonyl (C=O) groups is 1. The van der Waals surface area contributed by atoms with Crippen LogP contribution < -0.4 is 5.32 Å². The highest BCUT2D eigenvalue weighted by molar-refractivity contribution is 8.57. The van der Waals surface area contributed by atoms with Crippen molar-refractivity contribution >= 4 is 24.0 Å². The van der Waals surface area contributed by atoms with Crippen molar-refractivity contribution in [3.05, 3.63) is 12.4 Å².